The van der Waals surface area contributed by atoms with Crippen LogP contribution >= 0.6 is 15.9 Å². The van der Waals surface area contributed by atoms with Gasteiger partial charge in [0.1, 0.15) is 5.60 Å². The van der Waals surface area contributed by atoms with Crippen LogP contribution in [0.15, 0.2) is 0 Å². The van der Waals surface area contributed by atoms with Gasteiger partial charge < -0.3 is 9.64 Å². The number of rotatable bonds is 1. The Labute approximate surface area is 107 Å². The highest BCUT2D eigenvalue weighted by Crippen LogP contribution is 2.36. The molecule has 3 nitrogen and oxygen atoms in total. The van der Waals surface area contributed by atoms with Crippen LogP contribution in [0.5, 0.6) is 0 Å². The molecular weight excluding hydrogens is 270 g/mol. The summed E-state index contributed by atoms with van der Waals surface area (Å²) in [5.41, 5.74) is -0.536. The van der Waals surface area contributed by atoms with Crippen molar-refractivity contribution in [2.24, 2.45) is 5.92 Å². The van der Waals surface area contributed by atoms with E-state index in [9.17, 15) is 4.79 Å². The Balaban J connectivity index is 2.72. The molecule has 94 valence electrons. The van der Waals surface area contributed by atoms with E-state index in [1.165, 1.54) is 0 Å². The number of ether oxygens (including phenoxy) is 1. The molecule has 0 aromatic carbocycles. The molecule has 0 saturated carbocycles. The fraction of sp³-hybridized carbons (Fsp3) is 0.917. The molecule has 1 amide bonds. The van der Waals surface area contributed by atoms with Crippen LogP contribution in [0.25, 0.3) is 0 Å². The van der Waals surface area contributed by atoms with Gasteiger partial charge in [-0.25, -0.2) is 4.79 Å². The second-order valence-corrected chi connectivity index (χ2v) is 6.57. The second-order valence-electron chi connectivity index (χ2n) is 5.93. The van der Waals surface area contributed by atoms with Crippen molar-refractivity contribution in [3.63, 3.8) is 0 Å². The minimum Gasteiger partial charge on any atom is -0.444 e. The summed E-state index contributed by atoms with van der Waals surface area (Å²) < 4.78 is 5.42. The number of alkyl halides is 1. The number of halogens is 1. The Kier molecular flexibility index (Phi) is 3.93. The number of likely N-dealkylation sites (tertiary alicyclic amines) is 1. The number of nitrogens with zero attached hydrogens (tertiary/aromatic N) is 1. The summed E-state index contributed by atoms with van der Waals surface area (Å²) in [4.78, 5) is 13.9. The third kappa shape index (κ3) is 2.90. The van der Waals surface area contributed by atoms with Gasteiger partial charge in [-0.2, -0.15) is 0 Å². The van der Waals surface area contributed by atoms with Crippen molar-refractivity contribution in [1.82, 2.24) is 4.90 Å². The number of carbonyl (C=O) groups is 1. The highest BCUT2D eigenvalue weighted by Gasteiger charge is 2.44. The Morgan fingerprint density at radius 3 is 2.44 bits per heavy atom. The van der Waals surface area contributed by atoms with Crippen LogP contribution in [-0.4, -0.2) is 34.0 Å². The maximum Gasteiger partial charge on any atom is 0.410 e. The average Bonchev–Trinajstić information content (AvgIpc) is 2.36. The minimum absolute atomic E-state index is 0.119. The van der Waals surface area contributed by atoms with E-state index in [1.54, 1.807) is 0 Å². The van der Waals surface area contributed by atoms with Crippen molar-refractivity contribution < 1.29 is 9.53 Å². The fourth-order valence-electron chi connectivity index (χ4n) is 2.06. The van der Waals surface area contributed by atoms with Crippen molar-refractivity contribution >= 4 is 22.0 Å². The number of hydrogen-bond acceptors (Lipinski definition) is 2. The molecule has 1 saturated heterocycles. The first-order valence-corrected chi connectivity index (χ1v) is 6.87. The number of carbonyl (C=O) groups excluding carboxylic acids is 1. The van der Waals surface area contributed by atoms with Gasteiger partial charge in [0.2, 0.25) is 0 Å². The maximum atomic E-state index is 12.0. The lowest BCUT2D eigenvalue weighted by molar-refractivity contribution is 0.01000. The summed E-state index contributed by atoms with van der Waals surface area (Å²) in [6.07, 6.45) is 0.846. The Hall–Kier alpha value is -0.250. The van der Waals surface area contributed by atoms with Gasteiger partial charge in [0.25, 0.3) is 0 Å². The summed E-state index contributed by atoms with van der Waals surface area (Å²) in [6, 6.07) is 0. The molecular formula is C12H22BrNO2. The van der Waals surface area contributed by atoms with Crippen LogP contribution in [0.2, 0.25) is 0 Å². The Bertz CT molecular complexity index is 271. The van der Waals surface area contributed by atoms with Gasteiger partial charge in [-0.1, -0.05) is 15.9 Å². The molecule has 4 heteroatoms. The molecule has 1 aliphatic rings. The molecule has 0 radical (unpaired) electrons. The van der Waals surface area contributed by atoms with E-state index in [1.807, 2.05) is 25.7 Å². The van der Waals surface area contributed by atoms with Gasteiger partial charge in [-0.05, 0) is 47.0 Å². The third-order valence-corrected chi connectivity index (χ3v) is 3.98. The summed E-state index contributed by atoms with van der Waals surface area (Å²) >= 11 is 3.51. The number of amides is 1. The van der Waals surface area contributed by atoms with Crippen LogP contribution in [0.4, 0.5) is 4.79 Å². The fourth-order valence-corrected chi connectivity index (χ4v) is 3.17. The first-order chi connectivity index (χ1) is 7.18. The van der Waals surface area contributed by atoms with Gasteiger partial charge in [-0.3, -0.25) is 0 Å². The zero-order valence-electron chi connectivity index (χ0n) is 10.8. The molecule has 0 aliphatic carbocycles. The zero-order valence-corrected chi connectivity index (χ0v) is 12.4. The van der Waals surface area contributed by atoms with Crippen LogP contribution in [0.3, 0.4) is 0 Å². The quantitative estimate of drug-likeness (QED) is 0.693. The lowest BCUT2D eigenvalue weighted by Gasteiger charge is -2.36. The van der Waals surface area contributed by atoms with Crippen LogP contribution in [-0.2, 0) is 4.74 Å². The van der Waals surface area contributed by atoms with E-state index in [-0.39, 0.29) is 11.6 Å². The predicted octanol–water partition coefficient (Wildman–Crippen LogP) is 3.42. The summed E-state index contributed by atoms with van der Waals surface area (Å²) in [5.74, 6) is 0.500. The molecule has 0 aromatic heterocycles. The standard InChI is InChI=1S/C12H22BrNO2/c1-11(2,3)16-10(15)14-7-6-9(8-13)12(14,4)5/h9H,6-8H2,1-5H3. The van der Waals surface area contributed by atoms with Crippen LogP contribution in [0, 0.1) is 5.92 Å². The molecule has 1 atom stereocenters. The van der Waals surface area contributed by atoms with Crippen molar-refractivity contribution in [3.8, 4) is 0 Å². The first-order valence-electron chi connectivity index (χ1n) is 5.75. The van der Waals surface area contributed by atoms with Crippen molar-refractivity contribution in [1.29, 1.82) is 0 Å². The van der Waals surface area contributed by atoms with Gasteiger partial charge in [-0.15, -0.1) is 0 Å². The van der Waals surface area contributed by atoms with E-state index in [0.29, 0.717) is 5.92 Å². The van der Waals surface area contributed by atoms with Crippen molar-refractivity contribution in [2.45, 2.75) is 52.2 Å². The zero-order chi connectivity index (χ0) is 12.6. The first kappa shape index (κ1) is 13.8. The molecule has 0 aromatic rings. The van der Waals surface area contributed by atoms with E-state index in [0.717, 1.165) is 18.3 Å². The lowest BCUT2D eigenvalue weighted by atomic mass is 9.90. The normalized spacial score (nSPS) is 24.6. The van der Waals surface area contributed by atoms with E-state index < -0.39 is 5.60 Å². The second kappa shape index (κ2) is 4.55. The summed E-state index contributed by atoms with van der Waals surface area (Å²) in [5, 5.41) is 0.930. The molecule has 1 heterocycles. The molecule has 1 unspecified atom stereocenters. The molecule has 1 rings (SSSR count). The van der Waals surface area contributed by atoms with Gasteiger partial charge in [0, 0.05) is 17.4 Å². The largest absolute Gasteiger partial charge is 0.444 e. The van der Waals surface area contributed by atoms with E-state index in [2.05, 4.69) is 29.8 Å². The van der Waals surface area contributed by atoms with Crippen LogP contribution < -0.4 is 0 Å². The van der Waals surface area contributed by atoms with E-state index in [4.69, 9.17) is 4.74 Å². The highest BCUT2D eigenvalue weighted by atomic mass is 79.9. The van der Waals surface area contributed by atoms with Gasteiger partial charge in [0.15, 0.2) is 0 Å². The van der Waals surface area contributed by atoms with Gasteiger partial charge >= 0.3 is 6.09 Å². The topological polar surface area (TPSA) is 29.5 Å². The Morgan fingerprint density at radius 2 is 2.06 bits per heavy atom. The van der Waals surface area contributed by atoms with Crippen molar-refractivity contribution in [2.75, 3.05) is 11.9 Å². The SMILES string of the molecule is CC(C)(C)OC(=O)N1CCC(CBr)C1(C)C. The molecule has 1 aliphatic heterocycles. The molecule has 1 fully saturated rings. The highest BCUT2D eigenvalue weighted by molar-refractivity contribution is 9.09. The molecule has 0 N–H and O–H groups in total. The summed E-state index contributed by atoms with van der Waals surface area (Å²) in [6.45, 7) is 10.7. The smallest absolute Gasteiger partial charge is 0.410 e. The van der Waals surface area contributed by atoms with Crippen LogP contribution in [0.1, 0.15) is 41.0 Å². The monoisotopic (exact) mass is 291 g/mol. The number of hydrogen-bond donors (Lipinski definition) is 0. The molecule has 16 heavy (non-hydrogen) atoms. The average molecular weight is 292 g/mol. The third-order valence-electron chi connectivity index (χ3n) is 3.20. The predicted molar refractivity (Wildman–Crippen MR) is 68.9 cm³/mol. The minimum atomic E-state index is -0.417. The molecule has 0 spiro atoms. The summed E-state index contributed by atoms with van der Waals surface area (Å²) in [7, 11) is 0. The lowest BCUT2D eigenvalue weighted by Crippen LogP contribution is -2.48. The maximum absolute atomic E-state index is 12.0. The Morgan fingerprint density at radius 1 is 1.50 bits per heavy atom. The van der Waals surface area contributed by atoms with Gasteiger partial charge in [0.05, 0.1) is 0 Å². The molecule has 0 bridgehead atoms. The van der Waals surface area contributed by atoms with Crippen molar-refractivity contribution in [3.05, 3.63) is 0 Å². The van der Waals surface area contributed by atoms with E-state index >= 15 is 0 Å².